The van der Waals surface area contributed by atoms with Crippen LogP contribution in [-0.2, 0) is 0 Å². The molecule has 0 atom stereocenters. The van der Waals surface area contributed by atoms with Crippen LogP contribution in [0.1, 0.15) is 11.0 Å². The van der Waals surface area contributed by atoms with E-state index in [9.17, 15) is 0 Å². The zero-order valence-electron chi connectivity index (χ0n) is 37.2. The molecular formula is C45H43N3Si2. The van der Waals surface area contributed by atoms with Crippen molar-refractivity contribution in [3.63, 3.8) is 0 Å². The Morgan fingerprint density at radius 2 is 0.640 bits per heavy atom. The Labute approximate surface area is 310 Å². The van der Waals surface area contributed by atoms with Crippen molar-refractivity contribution < 1.29 is 11.0 Å². The van der Waals surface area contributed by atoms with Gasteiger partial charge in [-0.25, -0.2) is 15.0 Å². The van der Waals surface area contributed by atoms with Crippen molar-refractivity contribution in [3.05, 3.63) is 151 Å². The summed E-state index contributed by atoms with van der Waals surface area (Å²) in [5.74, 6) is -0.197. The molecule has 0 bridgehead atoms. The van der Waals surface area contributed by atoms with Gasteiger partial charge in [0.05, 0.1) is 27.1 Å². The van der Waals surface area contributed by atoms with E-state index in [1.807, 2.05) is 99.9 Å². The molecule has 0 saturated carbocycles. The molecule has 5 heteroatoms. The molecule has 0 spiro atoms. The van der Waals surface area contributed by atoms with Gasteiger partial charge in [-0.3, -0.25) is 0 Å². The molecule has 7 rings (SSSR count). The van der Waals surface area contributed by atoms with E-state index >= 15 is 0 Å². The highest BCUT2D eigenvalue weighted by Crippen LogP contribution is 2.32. The van der Waals surface area contributed by atoms with Crippen molar-refractivity contribution in [2.24, 2.45) is 0 Å². The second-order valence-corrected chi connectivity index (χ2v) is 24.4. The monoisotopic (exact) mass is 689 g/mol. The van der Waals surface area contributed by atoms with Gasteiger partial charge in [0.15, 0.2) is 17.5 Å². The molecule has 7 aromatic rings. The van der Waals surface area contributed by atoms with Crippen molar-refractivity contribution >= 4 is 26.5 Å². The van der Waals surface area contributed by atoms with E-state index < -0.39 is 16.1 Å². The van der Waals surface area contributed by atoms with Gasteiger partial charge >= 0.3 is 0 Å². The van der Waals surface area contributed by atoms with Crippen LogP contribution < -0.4 is 10.4 Å². The third-order valence-corrected chi connectivity index (χ3v) is 12.0. The van der Waals surface area contributed by atoms with Crippen LogP contribution in [0.5, 0.6) is 0 Å². The predicted molar refractivity (Wildman–Crippen MR) is 218 cm³/mol. The van der Waals surface area contributed by atoms with Crippen LogP contribution in [0.2, 0.25) is 39.3 Å². The van der Waals surface area contributed by atoms with Crippen molar-refractivity contribution in [2.45, 2.75) is 39.3 Å². The van der Waals surface area contributed by atoms with Gasteiger partial charge in [-0.05, 0) is 51.6 Å². The Morgan fingerprint density at radius 1 is 0.340 bits per heavy atom. The molecule has 0 radical (unpaired) electrons. The van der Waals surface area contributed by atoms with E-state index in [0.29, 0.717) is 15.9 Å². The number of hydrogen-bond acceptors (Lipinski definition) is 3. The molecule has 0 fully saturated rings. The first-order valence-corrected chi connectivity index (χ1v) is 23.7. The summed E-state index contributed by atoms with van der Waals surface area (Å²) in [6.07, 6.45) is 0. The van der Waals surface area contributed by atoms with E-state index in [1.54, 1.807) is 0 Å². The maximum absolute atomic E-state index is 9.09. The minimum Gasteiger partial charge on any atom is -0.208 e. The van der Waals surface area contributed by atoms with Crippen LogP contribution in [0, 0.1) is 0 Å². The number of rotatable bonds is 8. The van der Waals surface area contributed by atoms with Crippen LogP contribution in [0.25, 0.3) is 67.5 Å². The fraction of sp³-hybridized carbons (Fsp3) is 0.133. The highest BCUT2D eigenvalue weighted by Gasteiger charge is 2.19. The Bertz CT molecular complexity index is 2590. The van der Waals surface area contributed by atoms with Gasteiger partial charge in [-0.2, -0.15) is 0 Å². The third-order valence-electron chi connectivity index (χ3n) is 8.45. The Hall–Kier alpha value is -5.24. The Balaban J connectivity index is 1.42. The van der Waals surface area contributed by atoms with Crippen LogP contribution in [0.3, 0.4) is 0 Å². The van der Waals surface area contributed by atoms with Gasteiger partial charge < -0.3 is 0 Å². The van der Waals surface area contributed by atoms with Gasteiger partial charge in [-0.1, -0.05) is 183 Å². The van der Waals surface area contributed by atoms with Gasteiger partial charge in [0.1, 0.15) is 0 Å². The van der Waals surface area contributed by atoms with Crippen molar-refractivity contribution in [1.29, 1.82) is 0 Å². The lowest BCUT2D eigenvalue weighted by atomic mass is 9.95. The second-order valence-electron chi connectivity index (χ2n) is 14.4. The number of aromatic nitrogens is 3. The summed E-state index contributed by atoms with van der Waals surface area (Å²) in [6.45, 7) is 11.8. The average Bonchev–Trinajstić information content (AvgIpc) is 3.19. The zero-order chi connectivity index (χ0) is 41.8. The first kappa shape index (κ1) is 24.8. The normalized spacial score (nSPS) is 14.0. The lowest BCUT2D eigenvalue weighted by Crippen LogP contribution is -2.37. The molecule has 0 unspecified atom stereocenters. The molecule has 246 valence electrons. The van der Waals surface area contributed by atoms with Gasteiger partial charge in [-0.15, -0.1) is 0 Å². The summed E-state index contributed by atoms with van der Waals surface area (Å²) in [5, 5.41) is 0.785. The molecule has 3 nitrogen and oxygen atoms in total. The van der Waals surface area contributed by atoms with E-state index in [-0.39, 0.29) is 76.9 Å². The lowest BCUT2D eigenvalue weighted by molar-refractivity contribution is 1.07. The van der Waals surface area contributed by atoms with Gasteiger partial charge in [0, 0.05) is 16.7 Å². The first-order valence-electron chi connectivity index (χ1n) is 20.7. The van der Waals surface area contributed by atoms with Gasteiger partial charge in [0.25, 0.3) is 0 Å². The van der Waals surface area contributed by atoms with Crippen LogP contribution in [0.15, 0.2) is 151 Å². The molecule has 1 heterocycles. The largest absolute Gasteiger partial charge is 0.208 e. The summed E-state index contributed by atoms with van der Waals surface area (Å²) in [6, 6.07) is 32.6. The van der Waals surface area contributed by atoms with Crippen LogP contribution in [0.4, 0.5) is 0 Å². The molecule has 0 aliphatic rings. The quantitative estimate of drug-likeness (QED) is 0.149. The van der Waals surface area contributed by atoms with Crippen LogP contribution in [-0.4, -0.2) is 31.1 Å². The zero-order valence-corrected chi connectivity index (χ0v) is 31.2. The number of benzene rings is 6. The highest BCUT2D eigenvalue weighted by molar-refractivity contribution is 6.89. The van der Waals surface area contributed by atoms with Crippen molar-refractivity contribution in [1.82, 2.24) is 15.0 Å². The average molecular weight is 690 g/mol. The minimum atomic E-state index is -2.32. The summed E-state index contributed by atoms with van der Waals surface area (Å²) >= 11 is 0. The molecule has 0 saturated heterocycles. The number of hydrogen-bond donors (Lipinski definition) is 0. The topological polar surface area (TPSA) is 38.7 Å². The molecule has 6 aromatic carbocycles. The molecule has 0 aliphatic carbocycles. The fourth-order valence-electron chi connectivity index (χ4n) is 5.55. The molecule has 50 heavy (non-hydrogen) atoms. The van der Waals surface area contributed by atoms with Crippen molar-refractivity contribution in [2.75, 3.05) is 0 Å². The van der Waals surface area contributed by atoms with Crippen molar-refractivity contribution in [3.8, 4) is 67.5 Å². The molecule has 0 aliphatic heterocycles. The fourth-order valence-corrected chi connectivity index (χ4v) is 7.30. The smallest absolute Gasteiger partial charge is 0.164 e. The van der Waals surface area contributed by atoms with E-state index in [0.717, 1.165) is 33.4 Å². The lowest BCUT2D eigenvalue weighted by Gasteiger charge is -2.17. The highest BCUT2D eigenvalue weighted by atomic mass is 28.3. The summed E-state index contributed by atoms with van der Waals surface area (Å²) in [5.41, 5.74) is 6.41. The Kier molecular flexibility index (Phi) is 6.74. The first-order chi connectivity index (χ1) is 27.4. The van der Waals surface area contributed by atoms with Gasteiger partial charge in [0.2, 0.25) is 0 Å². The summed E-state index contributed by atoms with van der Waals surface area (Å²) in [4.78, 5) is 14.2. The SMILES string of the molecule is [2H]c1c([2H])c([Si](C)(C)C)c([2H])c([2H])c1-c1nc(-c2cccc(-c3cccc(-c4cccc(-c5ccccc5)c4)c3)c2)nc(-c2c([2H])c([2H])c([Si](C)(C)C)c([2H])c2[2H])n1. The predicted octanol–water partition coefficient (Wildman–Crippen LogP) is 11.0. The second kappa shape index (κ2) is 13.6. The van der Waals surface area contributed by atoms with E-state index in [1.165, 1.54) is 0 Å². The van der Waals surface area contributed by atoms with E-state index in [4.69, 9.17) is 20.9 Å². The summed E-state index contributed by atoms with van der Waals surface area (Å²) < 4.78 is 72.2. The molecule has 0 amide bonds. The minimum absolute atomic E-state index is 0.117. The molecule has 0 N–H and O–H groups in total. The standard InChI is InChI=1S/C45H43N3Si2/c1-49(2,3)41-25-21-33(22-26-41)43-46-44(34-23-27-42(28-24-34)50(4,5)6)48-45(47-43)40-20-12-19-39(31-40)38-18-11-17-37(30-38)36-16-10-15-35(29-36)32-13-8-7-9-14-32/h7-31H,1-6H3/i21D,22D,23D,24D,25D,26D,27D,28D. The van der Waals surface area contributed by atoms with E-state index in [2.05, 4.69) is 47.4 Å². The maximum Gasteiger partial charge on any atom is 0.164 e. The van der Waals surface area contributed by atoms with Crippen LogP contribution >= 0.6 is 0 Å². The molecular weight excluding hydrogens is 639 g/mol. The third kappa shape index (κ3) is 7.35. The number of nitrogens with zero attached hydrogens (tertiary/aromatic N) is 3. The summed E-state index contributed by atoms with van der Waals surface area (Å²) in [7, 11) is -4.65. The maximum atomic E-state index is 9.09. The molecule has 1 aromatic heterocycles. The Morgan fingerprint density at radius 3 is 1.02 bits per heavy atom.